The van der Waals surface area contributed by atoms with Gasteiger partial charge < -0.3 is 4.74 Å². The van der Waals surface area contributed by atoms with Crippen molar-refractivity contribution in [3.8, 4) is 11.1 Å². The third kappa shape index (κ3) is 2.50. The van der Waals surface area contributed by atoms with E-state index in [0.717, 1.165) is 26.4 Å². The summed E-state index contributed by atoms with van der Waals surface area (Å²) in [7, 11) is 0. The maximum Gasteiger partial charge on any atom is 0.338 e. The van der Waals surface area contributed by atoms with Crippen LogP contribution in [0.5, 0.6) is 0 Å². The molecule has 0 saturated heterocycles. The van der Waals surface area contributed by atoms with Crippen LogP contribution in [-0.2, 0) is 4.74 Å². The van der Waals surface area contributed by atoms with Crippen molar-refractivity contribution < 1.29 is 9.53 Å². The van der Waals surface area contributed by atoms with Crippen molar-refractivity contribution in [2.24, 2.45) is 0 Å². The van der Waals surface area contributed by atoms with Gasteiger partial charge in [-0.2, -0.15) is 0 Å². The van der Waals surface area contributed by atoms with Crippen LogP contribution in [0.1, 0.15) is 17.3 Å². The second-order valence-corrected chi connectivity index (χ2v) is 7.71. The van der Waals surface area contributed by atoms with E-state index in [0.29, 0.717) is 12.2 Å². The molecule has 0 atom stereocenters. The normalized spacial score (nSPS) is 11.5. The maximum atomic E-state index is 12.6. The number of esters is 1. The first-order valence-electron chi connectivity index (χ1n) is 9.31. The Morgan fingerprint density at radius 2 is 1.50 bits per heavy atom. The van der Waals surface area contributed by atoms with Crippen molar-refractivity contribution in [2.45, 2.75) is 6.92 Å². The predicted octanol–water partition coefficient (Wildman–Crippen LogP) is 7.19. The highest BCUT2D eigenvalue weighted by Crippen LogP contribution is 2.43. The summed E-state index contributed by atoms with van der Waals surface area (Å²) in [5.74, 6) is -0.286. The van der Waals surface area contributed by atoms with E-state index in [2.05, 4.69) is 64.5 Å². The summed E-state index contributed by atoms with van der Waals surface area (Å²) in [5.41, 5.74) is 2.55. The van der Waals surface area contributed by atoms with Crippen molar-refractivity contribution in [1.82, 2.24) is 0 Å². The Bertz CT molecular complexity index is 1350. The fourth-order valence-corrected chi connectivity index (χ4v) is 4.71. The molecule has 0 aliphatic rings. The summed E-state index contributed by atoms with van der Waals surface area (Å²) in [5, 5.41) is 7.17. The van der Waals surface area contributed by atoms with Crippen molar-refractivity contribution in [3.63, 3.8) is 0 Å². The van der Waals surface area contributed by atoms with E-state index in [4.69, 9.17) is 4.74 Å². The van der Waals surface area contributed by atoms with Gasteiger partial charge in [0.05, 0.1) is 12.2 Å². The Morgan fingerprint density at radius 1 is 0.821 bits per heavy atom. The Labute approximate surface area is 171 Å². The Kier molecular flexibility index (Phi) is 4.06. The fourth-order valence-electron chi connectivity index (χ4n) is 4.14. The highest BCUT2D eigenvalue weighted by molar-refractivity contribution is 9.10. The lowest BCUT2D eigenvalue weighted by Crippen LogP contribution is -2.06. The number of hydrogen-bond donors (Lipinski definition) is 0. The number of benzene rings is 5. The molecule has 28 heavy (non-hydrogen) atoms. The van der Waals surface area contributed by atoms with Crippen molar-refractivity contribution in [1.29, 1.82) is 0 Å². The van der Waals surface area contributed by atoms with Crippen molar-refractivity contribution in [3.05, 3.63) is 82.8 Å². The largest absolute Gasteiger partial charge is 0.462 e. The number of rotatable bonds is 3. The van der Waals surface area contributed by atoms with Gasteiger partial charge in [-0.1, -0.05) is 70.5 Å². The van der Waals surface area contributed by atoms with E-state index < -0.39 is 0 Å². The lowest BCUT2D eigenvalue weighted by atomic mass is 9.88. The van der Waals surface area contributed by atoms with E-state index in [1.54, 1.807) is 0 Å². The zero-order valence-corrected chi connectivity index (χ0v) is 16.9. The minimum Gasteiger partial charge on any atom is -0.462 e. The molecule has 2 nitrogen and oxygen atoms in total. The SMILES string of the molecule is CCOC(=O)c1ccccc1-c1cc2cccc3c(Br)cc4cccc1c4c23. The van der Waals surface area contributed by atoms with Gasteiger partial charge in [-0.3, -0.25) is 0 Å². The smallest absolute Gasteiger partial charge is 0.338 e. The quantitative estimate of drug-likeness (QED) is 0.224. The zero-order chi connectivity index (χ0) is 19.3. The molecule has 5 aromatic carbocycles. The second kappa shape index (κ2) is 6.61. The minimum atomic E-state index is -0.286. The van der Waals surface area contributed by atoms with E-state index in [1.165, 1.54) is 21.5 Å². The average Bonchev–Trinajstić information content (AvgIpc) is 2.72. The highest BCUT2D eigenvalue weighted by Gasteiger charge is 2.18. The van der Waals surface area contributed by atoms with E-state index in [9.17, 15) is 4.79 Å². The van der Waals surface area contributed by atoms with Gasteiger partial charge in [-0.15, -0.1) is 0 Å². The number of carbonyl (C=O) groups excluding carboxylic acids is 1. The minimum absolute atomic E-state index is 0.286. The molecule has 0 bridgehead atoms. The van der Waals surface area contributed by atoms with Gasteiger partial charge in [0.15, 0.2) is 0 Å². The van der Waals surface area contributed by atoms with Gasteiger partial charge in [0.1, 0.15) is 0 Å². The molecular weight excluding hydrogens is 412 g/mol. The molecule has 0 spiro atoms. The predicted molar refractivity (Wildman–Crippen MR) is 119 cm³/mol. The summed E-state index contributed by atoms with van der Waals surface area (Å²) in [4.78, 5) is 12.6. The van der Waals surface area contributed by atoms with Crippen LogP contribution in [0.3, 0.4) is 0 Å². The lowest BCUT2D eigenvalue weighted by Gasteiger charge is -2.17. The van der Waals surface area contributed by atoms with Gasteiger partial charge in [0.2, 0.25) is 0 Å². The molecule has 136 valence electrons. The standard InChI is InChI=1S/C25H17BrO2/c1-2-28-25(27)19-10-4-3-9-17(19)21-13-15-7-6-12-20-22(26)14-16-8-5-11-18(21)23(16)24(15)20/h3-14H,2H2,1H3. The molecule has 0 aliphatic carbocycles. The lowest BCUT2D eigenvalue weighted by molar-refractivity contribution is 0.0527. The fraction of sp³-hybridized carbons (Fsp3) is 0.0800. The van der Waals surface area contributed by atoms with Crippen LogP contribution in [0.15, 0.2) is 77.3 Å². The third-order valence-corrected chi connectivity index (χ3v) is 5.94. The number of carbonyl (C=O) groups is 1. The first-order chi connectivity index (χ1) is 13.7. The summed E-state index contributed by atoms with van der Waals surface area (Å²) >= 11 is 3.73. The monoisotopic (exact) mass is 428 g/mol. The van der Waals surface area contributed by atoms with Crippen LogP contribution in [0.2, 0.25) is 0 Å². The molecule has 0 amide bonds. The second-order valence-electron chi connectivity index (χ2n) is 6.86. The highest BCUT2D eigenvalue weighted by atomic mass is 79.9. The van der Waals surface area contributed by atoms with Crippen LogP contribution < -0.4 is 0 Å². The average molecular weight is 429 g/mol. The van der Waals surface area contributed by atoms with Gasteiger partial charge in [-0.05, 0) is 68.6 Å². The van der Waals surface area contributed by atoms with Gasteiger partial charge in [0.25, 0.3) is 0 Å². The zero-order valence-electron chi connectivity index (χ0n) is 15.3. The van der Waals surface area contributed by atoms with Crippen LogP contribution in [0.4, 0.5) is 0 Å². The maximum absolute atomic E-state index is 12.6. The summed E-state index contributed by atoms with van der Waals surface area (Å²) in [6.45, 7) is 2.19. The summed E-state index contributed by atoms with van der Waals surface area (Å²) in [6.07, 6.45) is 0. The molecule has 0 saturated carbocycles. The first-order valence-corrected chi connectivity index (χ1v) is 10.1. The van der Waals surface area contributed by atoms with Gasteiger partial charge in [0, 0.05) is 4.47 Å². The van der Waals surface area contributed by atoms with Crippen molar-refractivity contribution in [2.75, 3.05) is 6.61 Å². The molecule has 0 N–H and O–H groups in total. The number of ether oxygens (including phenoxy) is 1. The Hall–Kier alpha value is -2.91. The molecule has 0 aromatic heterocycles. The molecule has 5 aromatic rings. The topological polar surface area (TPSA) is 26.3 Å². The summed E-state index contributed by atoms with van der Waals surface area (Å²) < 4.78 is 6.40. The van der Waals surface area contributed by atoms with Crippen LogP contribution in [0.25, 0.3) is 43.4 Å². The van der Waals surface area contributed by atoms with Crippen LogP contribution >= 0.6 is 15.9 Å². The molecule has 0 fully saturated rings. The number of halogens is 1. The summed E-state index contributed by atoms with van der Waals surface area (Å²) in [6, 6.07) is 24.8. The van der Waals surface area contributed by atoms with E-state index in [1.807, 2.05) is 31.2 Å². The van der Waals surface area contributed by atoms with Gasteiger partial charge >= 0.3 is 5.97 Å². The molecule has 5 rings (SSSR count). The molecule has 0 heterocycles. The molecule has 0 radical (unpaired) electrons. The van der Waals surface area contributed by atoms with Gasteiger partial charge in [-0.25, -0.2) is 4.79 Å². The Balaban J connectivity index is 1.93. The van der Waals surface area contributed by atoms with E-state index >= 15 is 0 Å². The molecule has 0 aliphatic heterocycles. The van der Waals surface area contributed by atoms with Crippen molar-refractivity contribution >= 4 is 54.2 Å². The molecule has 0 unspecified atom stereocenters. The Morgan fingerprint density at radius 3 is 2.29 bits per heavy atom. The first kappa shape index (κ1) is 17.2. The van der Waals surface area contributed by atoms with Crippen LogP contribution in [0, 0.1) is 0 Å². The third-order valence-electron chi connectivity index (χ3n) is 5.29. The molecule has 3 heteroatoms. The number of hydrogen-bond acceptors (Lipinski definition) is 2. The van der Waals surface area contributed by atoms with Crippen LogP contribution in [-0.4, -0.2) is 12.6 Å². The molecular formula is C25H17BrO2. The van der Waals surface area contributed by atoms with E-state index in [-0.39, 0.29) is 5.97 Å².